The number of nitrogens with one attached hydrogen (secondary N) is 2. The molecular weight excluding hydrogens is 316 g/mol. The molecule has 1 aliphatic heterocycles. The van der Waals surface area contributed by atoms with E-state index in [0.29, 0.717) is 13.0 Å². The van der Waals surface area contributed by atoms with Gasteiger partial charge in [0.05, 0.1) is 6.04 Å². The summed E-state index contributed by atoms with van der Waals surface area (Å²) in [6.07, 6.45) is 3.07. The third-order valence-corrected chi connectivity index (χ3v) is 4.73. The van der Waals surface area contributed by atoms with Crippen molar-refractivity contribution in [3.8, 4) is 0 Å². The minimum Gasteiger partial charge on any atom is -0.357 e. The van der Waals surface area contributed by atoms with Crippen molar-refractivity contribution >= 4 is 11.9 Å². The van der Waals surface area contributed by atoms with Crippen molar-refractivity contribution in [1.82, 2.24) is 15.5 Å². The number of carbonyl (C=O) groups excluding carboxylic acids is 2. The number of likely N-dealkylation sites (N-methyl/N-ethyl adjacent to an activating group) is 1. The van der Waals surface area contributed by atoms with Crippen molar-refractivity contribution in [1.29, 1.82) is 0 Å². The van der Waals surface area contributed by atoms with Crippen LogP contribution < -0.4 is 10.6 Å². The number of amides is 3. The zero-order valence-corrected chi connectivity index (χ0v) is 13.5. The molecule has 24 heavy (non-hydrogen) atoms. The van der Waals surface area contributed by atoms with Gasteiger partial charge in [-0.2, -0.15) is 0 Å². The second-order valence-corrected chi connectivity index (χ2v) is 6.40. The Morgan fingerprint density at radius 2 is 2.00 bits per heavy atom. The largest absolute Gasteiger partial charge is 0.357 e. The Labute approximate surface area is 139 Å². The van der Waals surface area contributed by atoms with E-state index < -0.39 is 29.7 Å². The highest BCUT2D eigenvalue weighted by Crippen LogP contribution is 2.42. The molecule has 3 amide bonds. The van der Waals surface area contributed by atoms with E-state index in [1.165, 1.54) is 11.9 Å². The molecule has 1 aliphatic carbocycles. The Balaban J connectivity index is 1.77. The monoisotopic (exact) mass is 337 g/mol. The van der Waals surface area contributed by atoms with Crippen molar-refractivity contribution in [2.75, 3.05) is 13.6 Å². The van der Waals surface area contributed by atoms with E-state index >= 15 is 0 Å². The highest BCUT2D eigenvalue weighted by molar-refractivity contribution is 5.87. The maximum absolute atomic E-state index is 14.1. The number of nitrogens with zero attached hydrogens (tertiary/aromatic N) is 1. The minimum absolute atomic E-state index is 0.103. The summed E-state index contributed by atoms with van der Waals surface area (Å²) in [6, 6.07) is 1.80. The number of halogens is 2. The number of hydrogen-bond donors (Lipinski definition) is 2. The SMILES string of the molecule is CNC(=O)[C@@H]1CCCN1C(=O)N[C@H](c1cc(F)ccc1F)C1CC1. The molecular formula is C17H21F2N3O2. The zero-order chi connectivity index (χ0) is 17.3. The molecule has 0 bridgehead atoms. The summed E-state index contributed by atoms with van der Waals surface area (Å²) in [5, 5.41) is 5.37. The second-order valence-electron chi connectivity index (χ2n) is 6.40. The number of benzene rings is 1. The zero-order valence-electron chi connectivity index (χ0n) is 13.5. The molecule has 1 aromatic carbocycles. The van der Waals surface area contributed by atoms with Crippen molar-refractivity contribution < 1.29 is 18.4 Å². The molecule has 1 saturated carbocycles. The van der Waals surface area contributed by atoms with Crippen LogP contribution in [0.4, 0.5) is 13.6 Å². The van der Waals surface area contributed by atoms with Gasteiger partial charge < -0.3 is 15.5 Å². The summed E-state index contributed by atoms with van der Waals surface area (Å²) in [5.74, 6) is -1.16. The fraction of sp³-hybridized carbons (Fsp3) is 0.529. The van der Waals surface area contributed by atoms with Gasteiger partial charge in [0, 0.05) is 19.2 Å². The quantitative estimate of drug-likeness (QED) is 0.886. The van der Waals surface area contributed by atoms with Gasteiger partial charge >= 0.3 is 6.03 Å². The van der Waals surface area contributed by atoms with Crippen molar-refractivity contribution in [2.45, 2.75) is 37.8 Å². The van der Waals surface area contributed by atoms with Crippen LogP contribution in [0, 0.1) is 17.6 Å². The molecule has 2 N–H and O–H groups in total. The predicted octanol–water partition coefficient (Wildman–Crippen LogP) is 2.34. The van der Waals surface area contributed by atoms with Gasteiger partial charge in [0.1, 0.15) is 17.7 Å². The molecule has 0 aromatic heterocycles. The normalized spacial score (nSPS) is 21.5. The van der Waals surface area contributed by atoms with Gasteiger partial charge in [0.25, 0.3) is 0 Å². The first-order valence-electron chi connectivity index (χ1n) is 8.25. The third-order valence-electron chi connectivity index (χ3n) is 4.73. The molecule has 3 rings (SSSR count). The van der Waals surface area contributed by atoms with E-state index in [9.17, 15) is 18.4 Å². The van der Waals surface area contributed by atoms with E-state index in [1.807, 2.05) is 0 Å². The average molecular weight is 337 g/mol. The van der Waals surface area contributed by atoms with Crippen LogP contribution in [0.5, 0.6) is 0 Å². The molecule has 2 aliphatic rings. The van der Waals surface area contributed by atoms with Crippen LogP contribution >= 0.6 is 0 Å². The molecule has 1 saturated heterocycles. The maximum atomic E-state index is 14.1. The fourth-order valence-electron chi connectivity index (χ4n) is 3.30. The van der Waals surface area contributed by atoms with Gasteiger partial charge in [-0.05, 0) is 49.8 Å². The van der Waals surface area contributed by atoms with Gasteiger partial charge in [-0.25, -0.2) is 13.6 Å². The number of urea groups is 1. The predicted molar refractivity (Wildman–Crippen MR) is 84.1 cm³/mol. The van der Waals surface area contributed by atoms with Crippen LogP contribution in [-0.2, 0) is 4.79 Å². The number of carbonyl (C=O) groups is 2. The average Bonchev–Trinajstić information content (AvgIpc) is 3.29. The smallest absolute Gasteiger partial charge is 0.318 e. The van der Waals surface area contributed by atoms with E-state index in [2.05, 4.69) is 10.6 Å². The highest BCUT2D eigenvalue weighted by Gasteiger charge is 2.39. The maximum Gasteiger partial charge on any atom is 0.318 e. The number of likely N-dealkylation sites (tertiary alicyclic amines) is 1. The molecule has 0 spiro atoms. The molecule has 2 fully saturated rings. The lowest BCUT2D eigenvalue weighted by Crippen LogP contribution is -2.49. The Morgan fingerprint density at radius 3 is 2.67 bits per heavy atom. The first-order valence-corrected chi connectivity index (χ1v) is 8.25. The van der Waals surface area contributed by atoms with Gasteiger partial charge in [-0.15, -0.1) is 0 Å². The van der Waals surface area contributed by atoms with Gasteiger partial charge in [0.2, 0.25) is 5.91 Å². The minimum atomic E-state index is -0.570. The van der Waals surface area contributed by atoms with E-state index in [1.54, 1.807) is 0 Å². The highest BCUT2D eigenvalue weighted by atomic mass is 19.1. The number of hydrogen-bond acceptors (Lipinski definition) is 2. The van der Waals surface area contributed by atoms with Crippen LogP contribution in [0.25, 0.3) is 0 Å². The van der Waals surface area contributed by atoms with E-state index in [-0.39, 0.29) is 17.4 Å². The van der Waals surface area contributed by atoms with Crippen molar-refractivity contribution in [3.05, 3.63) is 35.4 Å². The van der Waals surface area contributed by atoms with Gasteiger partial charge in [-0.3, -0.25) is 4.79 Å². The van der Waals surface area contributed by atoms with Crippen molar-refractivity contribution in [3.63, 3.8) is 0 Å². The Kier molecular flexibility index (Phi) is 4.69. The first-order chi connectivity index (χ1) is 11.5. The fourth-order valence-corrected chi connectivity index (χ4v) is 3.30. The summed E-state index contributed by atoms with van der Waals surface area (Å²) < 4.78 is 27.6. The van der Waals surface area contributed by atoms with Gasteiger partial charge in [-0.1, -0.05) is 0 Å². The summed E-state index contributed by atoms with van der Waals surface area (Å²) in [4.78, 5) is 26.0. The lowest BCUT2D eigenvalue weighted by Gasteiger charge is -2.27. The first kappa shape index (κ1) is 16.7. The van der Waals surface area contributed by atoms with E-state index in [4.69, 9.17) is 0 Å². The topological polar surface area (TPSA) is 61.4 Å². The Morgan fingerprint density at radius 1 is 1.25 bits per heavy atom. The Bertz CT molecular complexity index is 649. The van der Waals surface area contributed by atoms with Crippen LogP contribution in [0.1, 0.15) is 37.3 Å². The molecule has 0 unspecified atom stereocenters. The molecule has 7 heteroatoms. The lowest BCUT2D eigenvalue weighted by atomic mass is 10.0. The van der Waals surface area contributed by atoms with Crippen LogP contribution in [0.2, 0.25) is 0 Å². The summed E-state index contributed by atoms with van der Waals surface area (Å²) in [5.41, 5.74) is 0.168. The molecule has 130 valence electrons. The molecule has 0 radical (unpaired) electrons. The molecule has 2 atom stereocenters. The van der Waals surface area contributed by atoms with Crippen molar-refractivity contribution in [2.24, 2.45) is 5.92 Å². The van der Waals surface area contributed by atoms with Crippen LogP contribution in [0.15, 0.2) is 18.2 Å². The molecule has 5 nitrogen and oxygen atoms in total. The lowest BCUT2D eigenvalue weighted by molar-refractivity contribution is -0.124. The molecule has 1 aromatic rings. The standard InChI is InChI=1S/C17H21F2N3O2/c1-20-16(23)14-3-2-8-22(14)17(24)21-15(10-4-5-10)12-9-11(18)6-7-13(12)19/h6-7,9-10,14-15H,2-5,8H2,1H3,(H,20,23)(H,21,24)/t14-,15-/m0/s1. The Hall–Kier alpha value is -2.18. The number of rotatable bonds is 4. The second kappa shape index (κ2) is 6.75. The van der Waals surface area contributed by atoms with Crippen LogP contribution in [-0.4, -0.2) is 36.5 Å². The van der Waals surface area contributed by atoms with E-state index in [0.717, 1.165) is 37.5 Å². The summed E-state index contributed by atoms with van der Waals surface area (Å²) in [6.45, 7) is 0.479. The molecule has 1 heterocycles. The van der Waals surface area contributed by atoms with Gasteiger partial charge in [0.15, 0.2) is 0 Å². The third kappa shape index (κ3) is 3.34. The summed E-state index contributed by atoms with van der Waals surface area (Å²) in [7, 11) is 1.53. The van der Waals surface area contributed by atoms with Crippen LogP contribution in [0.3, 0.4) is 0 Å². The summed E-state index contributed by atoms with van der Waals surface area (Å²) >= 11 is 0.